The Balaban J connectivity index is 1.11. The van der Waals surface area contributed by atoms with Gasteiger partial charge in [0.2, 0.25) is 0 Å². The average Bonchev–Trinajstić information content (AvgIpc) is 3.93. The van der Waals surface area contributed by atoms with E-state index in [4.69, 9.17) is 15.0 Å². The van der Waals surface area contributed by atoms with Crippen molar-refractivity contribution in [1.82, 2.24) is 24.1 Å². The summed E-state index contributed by atoms with van der Waals surface area (Å²) >= 11 is 1.87. The Kier molecular flexibility index (Phi) is 7.03. The molecule has 0 atom stereocenters. The fourth-order valence-corrected chi connectivity index (χ4v) is 9.81. The van der Waals surface area contributed by atoms with Gasteiger partial charge in [-0.1, -0.05) is 127 Å². The largest absolute Gasteiger partial charge is 0.309 e. The van der Waals surface area contributed by atoms with Crippen LogP contribution in [-0.2, 0) is 0 Å². The number of hydrogen-bond donors (Lipinski definition) is 0. The molecule has 4 aromatic heterocycles. The first kappa shape index (κ1) is 31.9. The monoisotopic (exact) mass is 745 g/mol. The van der Waals surface area contributed by atoms with E-state index in [2.05, 4.69) is 137 Å². The highest BCUT2D eigenvalue weighted by molar-refractivity contribution is 7.26. The average molecular weight is 746 g/mol. The quantitative estimate of drug-likeness (QED) is 0.176. The second-order valence-corrected chi connectivity index (χ2v) is 15.5. The zero-order valence-electron chi connectivity index (χ0n) is 30.5. The van der Waals surface area contributed by atoms with Gasteiger partial charge in [-0.15, -0.1) is 11.3 Å². The summed E-state index contributed by atoms with van der Waals surface area (Å²) in [5.74, 6) is 1.94. The predicted molar refractivity (Wildman–Crippen MR) is 238 cm³/mol. The molecule has 0 unspecified atom stereocenters. The van der Waals surface area contributed by atoms with E-state index >= 15 is 0 Å². The van der Waals surface area contributed by atoms with Crippen molar-refractivity contribution < 1.29 is 0 Å². The molecule has 0 fully saturated rings. The Morgan fingerprint density at radius 2 is 0.860 bits per heavy atom. The van der Waals surface area contributed by atoms with Crippen molar-refractivity contribution in [3.63, 3.8) is 0 Å². The van der Waals surface area contributed by atoms with E-state index in [1.165, 1.54) is 53.1 Å². The lowest BCUT2D eigenvalue weighted by Crippen LogP contribution is -2.00. The zero-order chi connectivity index (χ0) is 37.5. The molecule has 266 valence electrons. The number of aromatic nitrogens is 5. The molecule has 4 heterocycles. The van der Waals surface area contributed by atoms with Crippen molar-refractivity contribution in [1.29, 1.82) is 0 Å². The zero-order valence-corrected chi connectivity index (χ0v) is 31.4. The van der Waals surface area contributed by atoms with E-state index in [1.54, 1.807) is 0 Å². The summed E-state index contributed by atoms with van der Waals surface area (Å²) in [6.45, 7) is 0. The third-order valence-electron chi connectivity index (χ3n) is 11.2. The van der Waals surface area contributed by atoms with Crippen LogP contribution in [0.5, 0.6) is 0 Å². The molecule has 0 aliphatic rings. The van der Waals surface area contributed by atoms with Crippen LogP contribution in [0.2, 0.25) is 0 Å². The van der Waals surface area contributed by atoms with Gasteiger partial charge in [-0.3, -0.25) is 0 Å². The van der Waals surface area contributed by atoms with Gasteiger partial charge in [0.05, 0.1) is 32.5 Å². The smallest absolute Gasteiger partial charge is 0.164 e. The summed E-state index contributed by atoms with van der Waals surface area (Å²) in [5, 5.41) is 7.38. The second kappa shape index (κ2) is 12.6. The molecular weight excluding hydrogens is 715 g/mol. The molecule has 5 nitrogen and oxygen atoms in total. The number of fused-ring (bicyclic) bond motifs is 9. The highest BCUT2D eigenvalue weighted by Crippen LogP contribution is 2.44. The number of hydrogen-bond acceptors (Lipinski definition) is 4. The van der Waals surface area contributed by atoms with Crippen LogP contribution in [-0.4, -0.2) is 24.1 Å². The number of nitrogens with zero attached hydrogens (tertiary/aromatic N) is 5. The van der Waals surface area contributed by atoms with Gasteiger partial charge < -0.3 is 9.13 Å². The van der Waals surface area contributed by atoms with Gasteiger partial charge in [0.15, 0.2) is 17.5 Å². The summed E-state index contributed by atoms with van der Waals surface area (Å²) in [7, 11) is 0. The Hall–Kier alpha value is -7.41. The highest BCUT2D eigenvalue weighted by Gasteiger charge is 2.20. The molecule has 0 amide bonds. The minimum Gasteiger partial charge on any atom is -0.309 e. The normalized spacial score (nSPS) is 11.9. The summed E-state index contributed by atoms with van der Waals surface area (Å²) in [5.41, 5.74) is 9.89. The summed E-state index contributed by atoms with van der Waals surface area (Å²) in [4.78, 5) is 15.1. The van der Waals surface area contributed by atoms with Crippen LogP contribution in [0.1, 0.15) is 0 Å². The Labute approximate surface area is 331 Å². The number of benzene rings is 8. The molecule has 0 saturated heterocycles. The van der Waals surface area contributed by atoms with Gasteiger partial charge in [0.1, 0.15) is 0 Å². The highest BCUT2D eigenvalue weighted by atomic mass is 32.1. The van der Waals surface area contributed by atoms with E-state index < -0.39 is 0 Å². The van der Waals surface area contributed by atoms with E-state index in [1.807, 2.05) is 72.0 Å². The van der Waals surface area contributed by atoms with Crippen LogP contribution in [0.3, 0.4) is 0 Å². The lowest BCUT2D eigenvalue weighted by molar-refractivity contribution is 1.07. The first-order valence-corrected chi connectivity index (χ1v) is 19.9. The van der Waals surface area contributed by atoms with Gasteiger partial charge in [-0.25, -0.2) is 15.0 Å². The summed E-state index contributed by atoms with van der Waals surface area (Å²) in [6.07, 6.45) is 0. The minimum absolute atomic E-state index is 0.643. The lowest BCUT2D eigenvalue weighted by Gasteiger charge is -2.10. The molecule has 0 saturated carbocycles. The third-order valence-corrected chi connectivity index (χ3v) is 12.3. The van der Waals surface area contributed by atoms with Crippen molar-refractivity contribution in [2.75, 3.05) is 0 Å². The van der Waals surface area contributed by atoms with Crippen LogP contribution in [0, 0.1) is 0 Å². The molecule has 57 heavy (non-hydrogen) atoms. The standard InChI is InChI=1S/C51H31N5S/c1-4-15-32(16-5-1)49-52-50(33-17-6-2-7-18-33)54-51(53-49)34-27-28-44-39(29-34)40-31-47-41(30-46(40)55(44)35-19-8-3-9-20-35)38-23-14-26-45(48(38)57-47)56-42-24-12-10-21-36(42)37-22-11-13-25-43(37)56/h1-31H. The lowest BCUT2D eigenvalue weighted by atomic mass is 10.1. The molecular formula is C51H31N5S. The maximum absolute atomic E-state index is 5.08. The van der Waals surface area contributed by atoms with Gasteiger partial charge in [-0.2, -0.15) is 0 Å². The number of para-hydroxylation sites is 3. The molecule has 0 spiro atoms. The molecule has 0 aliphatic heterocycles. The maximum atomic E-state index is 5.08. The molecule has 12 aromatic rings. The Bertz CT molecular complexity index is 3400. The molecule has 6 heteroatoms. The third kappa shape index (κ3) is 4.98. The first-order chi connectivity index (χ1) is 28.3. The topological polar surface area (TPSA) is 48.5 Å². The van der Waals surface area contributed by atoms with Crippen molar-refractivity contribution in [3.8, 4) is 45.5 Å². The van der Waals surface area contributed by atoms with Crippen molar-refractivity contribution >= 4 is 75.1 Å². The molecule has 0 N–H and O–H groups in total. The van der Waals surface area contributed by atoms with Crippen LogP contribution in [0.4, 0.5) is 0 Å². The fourth-order valence-electron chi connectivity index (χ4n) is 8.58. The maximum Gasteiger partial charge on any atom is 0.164 e. The van der Waals surface area contributed by atoms with Crippen LogP contribution in [0.25, 0.3) is 109 Å². The molecule has 8 aromatic carbocycles. The van der Waals surface area contributed by atoms with Gasteiger partial charge in [0.25, 0.3) is 0 Å². The second-order valence-electron chi connectivity index (χ2n) is 14.4. The van der Waals surface area contributed by atoms with Crippen molar-refractivity contribution in [2.24, 2.45) is 0 Å². The van der Waals surface area contributed by atoms with E-state index in [-0.39, 0.29) is 0 Å². The number of rotatable bonds is 5. The molecule has 0 aliphatic carbocycles. The van der Waals surface area contributed by atoms with Crippen LogP contribution < -0.4 is 0 Å². The number of thiophene rings is 1. The van der Waals surface area contributed by atoms with E-state index in [0.29, 0.717) is 17.5 Å². The molecule has 0 radical (unpaired) electrons. The summed E-state index contributed by atoms with van der Waals surface area (Å²) < 4.78 is 7.36. The van der Waals surface area contributed by atoms with Crippen LogP contribution >= 0.6 is 11.3 Å². The predicted octanol–water partition coefficient (Wildman–Crippen LogP) is 13.4. The Morgan fingerprint density at radius 3 is 1.51 bits per heavy atom. The van der Waals surface area contributed by atoms with Gasteiger partial charge >= 0.3 is 0 Å². The molecule has 0 bridgehead atoms. The SMILES string of the molecule is c1ccc(-c2nc(-c3ccccc3)nc(-c3ccc4c(c3)c3cc5sc6c(-n7c8ccccc8c8ccccc87)cccc6c5cc3n4-c3ccccc3)n2)cc1. The van der Waals surface area contributed by atoms with E-state index in [9.17, 15) is 0 Å². The minimum atomic E-state index is 0.643. The fraction of sp³-hybridized carbons (Fsp3) is 0. The van der Waals surface area contributed by atoms with E-state index in [0.717, 1.165) is 38.8 Å². The van der Waals surface area contributed by atoms with Gasteiger partial charge in [0, 0.05) is 59.4 Å². The Morgan fingerprint density at radius 1 is 0.333 bits per heavy atom. The van der Waals surface area contributed by atoms with Crippen molar-refractivity contribution in [3.05, 3.63) is 188 Å². The van der Waals surface area contributed by atoms with Crippen LogP contribution in [0.15, 0.2) is 188 Å². The van der Waals surface area contributed by atoms with Gasteiger partial charge in [-0.05, 0) is 60.7 Å². The summed E-state index contributed by atoms with van der Waals surface area (Å²) in [6, 6.07) is 66.6. The molecule has 12 rings (SSSR count). The van der Waals surface area contributed by atoms with Crippen molar-refractivity contribution in [2.45, 2.75) is 0 Å². The first-order valence-electron chi connectivity index (χ1n) is 19.1.